The highest BCUT2D eigenvalue weighted by Gasteiger charge is 2.22. The Morgan fingerprint density at radius 2 is 2.00 bits per heavy atom. The smallest absolute Gasteiger partial charge is 0.0575 e. The first-order chi connectivity index (χ1) is 5.75. The van der Waals surface area contributed by atoms with Crippen molar-refractivity contribution < 1.29 is 4.84 Å². The summed E-state index contributed by atoms with van der Waals surface area (Å²) in [5.74, 6) is 0.788. The Morgan fingerprint density at radius 3 is 2.50 bits per heavy atom. The van der Waals surface area contributed by atoms with Crippen LogP contribution in [-0.2, 0) is 4.84 Å². The molecule has 1 atom stereocenters. The van der Waals surface area contributed by atoms with Crippen molar-refractivity contribution in [2.75, 3.05) is 27.2 Å². The molecule has 1 N–H and O–H groups in total. The van der Waals surface area contributed by atoms with Crippen molar-refractivity contribution in [1.82, 2.24) is 10.4 Å². The van der Waals surface area contributed by atoms with Crippen LogP contribution in [0.1, 0.15) is 19.8 Å². The normalized spacial score (nSPS) is 23.0. The molecule has 0 amide bonds. The first-order valence-corrected chi connectivity index (χ1v) is 4.73. The van der Waals surface area contributed by atoms with Crippen LogP contribution in [0.5, 0.6) is 0 Å². The van der Waals surface area contributed by atoms with Gasteiger partial charge in [0.15, 0.2) is 0 Å². The van der Waals surface area contributed by atoms with Crippen LogP contribution in [-0.4, -0.2) is 38.4 Å². The third kappa shape index (κ3) is 2.44. The number of nitrogens with one attached hydrogen (secondary N) is 1. The summed E-state index contributed by atoms with van der Waals surface area (Å²) in [6.07, 6.45) is 2.55. The highest BCUT2D eigenvalue weighted by molar-refractivity contribution is 4.76. The third-order valence-corrected chi connectivity index (χ3v) is 2.93. The first-order valence-electron chi connectivity index (χ1n) is 4.73. The van der Waals surface area contributed by atoms with Gasteiger partial charge in [-0.05, 0) is 38.8 Å². The maximum absolute atomic E-state index is 5.18. The van der Waals surface area contributed by atoms with Gasteiger partial charge in [0.05, 0.1) is 7.11 Å². The van der Waals surface area contributed by atoms with Crippen molar-refractivity contribution >= 4 is 0 Å². The molecule has 0 saturated carbocycles. The van der Waals surface area contributed by atoms with Gasteiger partial charge in [0, 0.05) is 13.1 Å². The van der Waals surface area contributed by atoms with Crippen molar-refractivity contribution in [1.29, 1.82) is 0 Å². The van der Waals surface area contributed by atoms with Crippen LogP contribution in [0.15, 0.2) is 0 Å². The van der Waals surface area contributed by atoms with Gasteiger partial charge in [0.25, 0.3) is 0 Å². The average molecular weight is 172 g/mol. The zero-order chi connectivity index (χ0) is 8.97. The second-order valence-electron chi connectivity index (χ2n) is 3.56. The summed E-state index contributed by atoms with van der Waals surface area (Å²) < 4.78 is 0. The monoisotopic (exact) mass is 172 g/mol. The van der Waals surface area contributed by atoms with Gasteiger partial charge >= 0.3 is 0 Å². The highest BCUT2D eigenvalue weighted by atomic mass is 16.7. The first kappa shape index (κ1) is 9.96. The minimum absolute atomic E-state index is 0.539. The van der Waals surface area contributed by atoms with E-state index in [-0.39, 0.29) is 0 Å². The molecule has 1 saturated heterocycles. The standard InChI is InChI=1S/C9H20N2O/c1-8(11(2)12-3)9-4-6-10-7-5-9/h8-10H,4-7H2,1-3H3. The van der Waals surface area contributed by atoms with Gasteiger partial charge in [-0.15, -0.1) is 0 Å². The van der Waals surface area contributed by atoms with Crippen molar-refractivity contribution in [2.45, 2.75) is 25.8 Å². The Balaban J connectivity index is 2.33. The topological polar surface area (TPSA) is 24.5 Å². The lowest BCUT2D eigenvalue weighted by molar-refractivity contribution is -0.151. The molecule has 0 aliphatic carbocycles. The maximum atomic E-state index is 5.18. The number of hydroxylamine groups is 2. The van der Waals surface area contributed by atoms with E-state index in [1.165, 1.54) is 12.8 Å². The molecule has 1 aliphatic rings. The lowest BCUT2D eigenvalue weighted by atomic mass is 9.91. The number of piperidine rings is 1. The van der Waals surface area contributed by atoms with Crippen molar-refractivity contribution in [3.63, 3.8) is 0 Å². The molecule has 0 spiro atoms. The van der Waals surface area contributed by atoms with Crippen LogP contribution in [0.2, 0.25) is 0 Å². The van der Waals surface area contributed by atoms with Gasteiger partial charge in [-0.1, -0.05) is 0 Å². The maximum Gasteiger partial charge on any atom is 0.0575 e. The summed E-state index contributed by atoms with van der Waals surface area (Å²) in [5, 5.41) is 5.32. The Hall–Kier alpha value is -0.120. The Kier molecular flexibility index (Phi) is 3.98. The number of hydrogen-bond acceptors (Lipinski definition) is 3. The predicted octanol–water partition coefficient (Wildman–Crippen LogP) is 0.868. The Bertz CT molecular complexity index is 124. The molecular formula is C9H20N2O. The second-order valence-corrected chi connectivity index (χ2v) is 3.56. The average Bonchev–Trinajstić information content (AvgIpc) is 2.17. The third-order valence-electron chi connectivity index (χ3n) is 2.93. The van der Waals surface area contributed by atoms with E-state index in [1.807, 2.05) is 12.1 Å². The SMILES string of the molecule is CON(C)C(C)C1CCNCC1. The predicted molar refractivity (Wildman–Crippen MR) is 49.8 cm³/mol. The number of hydrogen-bond donors (Lipinski definition) is 1. The van der Waals surface area contributed by atoms with Crippen molar-refractivity contribution in [3.8, 4) is 0 Å². The summed E-state index contributed by atoms with van der Waals surface area (Å²) in [6.45, 7) is 4.55. The molecule has 0 aromatic rings. The van der Waals surface area contributed by atoms with E-state index in [1.54, 1.807) is 7.11 Å². The molecule has 12 heavy (non-hydrogen) atoms. The molecule has 0 aromatic carbocycles. The Labute approximate surface area is 75.0 Å². The fraction of sp³-hybridized carbons (Fsp3) is 1.00. The molecule has 0 bridgehead atoms. The summed E-state index contributed by atoms with van der Waals surface area (Å²) in [6, 6.07) is 0.539. The quantitative estimate of drug-likeness (QED) is 0.639. The fourth-order valence-electron chi connectivity index (χ4n) is 1.79. The molecule has 3 nitrogen and oxygen atoms in total. The van der Waals surface area contributed by atoms with E-state index in [0.717, 1.165) is 19.0 Å². The van der Waals surface area contributed by atoms with Gasteiger partial charge < -0.3 is 10.2 Å². The largest absolute Gasteiger partial charge is 0.317 e. The van der Waals surface area contributed by atoms with Crippen molar-refractivity contribution in [2.24, 2.45) is 5.92 Å². The van der Waals surface area contributed by atoms with Crippen molar-refractivity contribution in [3.05, 3.63) is 0 Å². The lowest BCUT2D eigenvalue weighted by Gasteiger charge is -2.32. The van der Waals surface area contributed by atoms with E-state index >= 15 is 0 Å². The van der Waals surface area contributed by atoms with E-state index in [2.05, 4.69) is 12.2 Å². The fourth-order valence-corrected chi connectivity index (χ4v) is 1.79. The molecule has 1 heterocycles. The summed E-state index contributed by atoms with van der Waals surface area (Å²) in [7, 11) is 3.74. The van der Waals surface area contributed by atoms with Gasteiger partial charge in [-0.2, -0.15) is 5.06 Å². The zero-order valence-electron chi connectivity index (χ0n) is 8.34. The van der Waals surface area contributed by atoms with Crippen LogP contribution in [0.4, 0.5) is 0 Å². The molecule has 1 rings (SSSR count). The lowest BCUT2D eigenvalue weighted by Crippen LogP contribution is -2.40. The number of nitrogens with zero attached hydrogens (tertiary/aromatic N) is 1. The van der Waals surface area contributed by atoms with E-state index < -0.39 is 0 Å². The van der Waals surface area contributed by atoms with Gasteiger partial charge in [0.1, 0.15) is 0 Å². The molecule has 0 aromatic heterocycles. The summed E-state index contributed by atoms with van der Waals surface area (Å²) in [4.78, 5) is 5.18. The van der Waals surface area contributed by atoms with E-state index in [4.69, 9.17) is 4.84 Å². The van der Waals surface area contributed by atoms with Crippen LogP contribution in [0, 0.1) is 5.92 Å². The summed E-state index contributed by atoms with van der Waals surface area (Å²) >= 11 is 0. The highest BCUT2D eigenvalue weighted by Crippen LogP contribution is 2.19. The molecule has 1 unspecified atom stereocenters. The van der Waals surface area contributed by atoms with Gasteiger partial charge in [-0.25, -0.2) is 0 Å². The van der Waals surface area contributed by atoms with Crippen LogP contribution >= 0.6 is 0 Å². The minimum atomic E-state index is 0.539. The van der Waals surface area contributed by atoms with Gasteiger partial charge in [0.2, 0.25) is 0 Å². The number of rotatable bonds is 3. The molecular weight excluding hydrogens is 152 g/mol. The van der Waals surface area contributed by atoms with Gasteiger partial charge in [-0.3, -0.25) is 0 Å². The van der Waals surface area contributed by atoms with Crippen LogP contribution in [0.3, 0.4) is 0 Å². The second kappa shape index (κ2) is 4.80. The Morgan fingerprint density at radius 1 is 1.42 bits per heavy atom. The van der Waals surface area contributed by atoms with E-state index in [0.29, 0.717) is 6.04 Å². The molecule has 72 valence electrons. The van der Waals surface area contributed by atoms with Crippen LogP contribution < -0.4 is 5.32 Å². The van der Waals surface area contributed by atoms with E-state index in [9.17, 15) is 0 Å². The van der Waals surface area contributed by atoms with Crippen LogP contribution in [0.25, 0.3) is 0 Å². The zero-order valence-corrected chi connectivity index (χ0v) is 8.34. The molecule has 1 fully saturated rings. The molecule has 3 heteroatoms. The molecule has 0 radical (unpaired) electrons. The molecule has 1 aliphatic heterocycles. The minimum Gasteiger partial charge on any atom is -0.317 e. The summed E-state index contributed by atoms with van der Waals surface area (Å²) in [5.41, 5.74) is 0.